The van der Waals surface area contributed by atoms with E-state index >= 15 is 0 Å². The van der Waals surface area contributed by atoms with Gasteiger partial charge in [-0.2, -0.15) is 4.98 Å². The van der Waals surface area contributed by atoms with Crippen LogP contribution in [0.5, 0.6) is 11.8 Å². The molecule has 2 atom stereocenters. The smallest absolute Gasteiger partial charge is 0.335 e. The van der Waals surface area contributed by atoms with Crippen LogP contribution in [0.4, 0.5) is 0 Å². The molecule has 1 aliphatic carbocycles. The van der Waals surface area contributed by atoms with Gasteiger partial charge in [-0.25, -0.2) is 14.3 Å². The SMILES string of the molecule is Cc1nc(-c2nnn(C)c2COc2ncn(CC(C)C)n2)ccc1OC1CCC[C@H](C(=O)O)C1. The number of ether oxygens (including phenoxy) is 2. The average Bonchev–Trinajstić information content (AvgIpc) is 3.39. The van der Waals surface area contributed by atoms with Crippen LogP contribution < -0.4 is 9.47 Å². The quantitative estimate of drug-likeness (QED) is 0.502. The summed E-state index contributed by atoms with van der Waals surface area (Å²) in [5.41, 5.74) is 2.73. The molecule has 182 valence electrons. The van der Waals surface area contributed by atoms with Crippen LogP contribution in [0.3, 0.4) is 0 Å². The van der Waals surface area contributed by atoms with Gasteiger partial charge in [0.05, 0.1) is 23.4 Å². The summed E-state index contributed by atoms with van der Waals surface area (Å²) < 4.78 is 15.3. The molecule has 1 fully saturated rings. The maximum atomic E-state index is 11.3. The lowest BCUT2D eigenvalue weighted by atomic mass is 9.87. The van der Waals surface area contributed by atoms with Crippen LogP contribution in [-0.4, -0.2) is 51.9 Å². The Morgan fingerprint density at radius 1 is 1.29 bits per heavy atom. The van der Waals surface area contributed by atoms with E-state index in [0.717, 1.165) is 25.1 Å². The van der Waals surface area contributed by atoms with Crippen LogP contribution in [0.1, 0.15) is 50.9 Å². The zero-order chi connectivity index (χ0) is 24.2. The molecule has 0 bridgehead atoms. The molecule has 0 radical (unpaired) electrons. The van der Waals surface area contributed by atoms with Gasteiger partial charge in [0.1, 0.15) is 30.1 Å². The van der Waals surface area contributed by atoms with Crippen molar-refractivity contribution in [3.05, 3.63) is 29.8 Å². The highest BCUT2D eigenvalue weighted by molar-refractivity contribution is 5.70. The van der Waals surface area contributed by atoms with Crippen molar-refractivity contribution in [2.24, 2.45) is 18.9 Å². The molecule has 1 N–H and O–H groups in total. The Kier molecular flexibility index (Phi) is 7.09. The van der Waals surface area contributed by atoms with Crippen LogP contribution in [0.2, 0.25) is 0 Å². The van der Waals surface area contributed by atoms with Crippen molar-refractivity contribution in [1.29, 1.82) is 0 Å². The van der Waals surface area contributed by atoms with Crippen molar-refractivity contribution in [2.45, 2.75) is 65.7 Å². The predicted molar refractivity (Wildman–Crippen MR) is 122 cm³/mol. The molecule has 11 heteroatoms. The third-order valence-electron chi connectivity index (χ3n) is 5.90. The van der Waals surface area contributed by atoms with Crippen LogP contribution in [0.25, 0.3) is 11.4 Å². The molecule has 0 spiro atoms. The molecule has 0 saturated heterocycles. The van der Waals surface area contributed by atoms with Gasteiger partial charge in [0, 0.05) is 13.6 Å². The van der Waals surface area contributed by atoms with Gasteiger partial charge in [-0.15, -0.1) is 10.2 Å². The fourth-order valence-electron chi connectivity index (χ4n) is 4.14. The number of rotatable bonds is 9. The highest BCUT2D eigenvalue weighted by Gasteiger charge is 2.28. The Balaban J connectivity index is 1.45. The fourth-order valence-corrected chi connectivity index (χ4v) is 4.14. The number of carbonyl (C=O) groups is 1. The summed E-state index contributed by atoms with van der Waals surface area (Å²) in [5, 5.41) is 22.1. The van der Waals surface area contributed by atoms with Crippen molar-refractivity contribution in [3.63, 3.8) is 0 Å². The van der Waals surface area contributed by atoms with Gasteiger partial charge >= 0.3 is 12.0 Å². The minimum absolute atomic E-state index is 0.121. The van der Waals surface area contributed by atoms with Gasteiger partial charge in [-0.3, -0.25) is 4.79 Å². The molecule has 1 aliphatic rings. The average molecular weight is 470 g/mol. The third kappa shape index (κ3) is 5.52. The minimum atomic E-state index is -0.752. The number of aryl methyl sites for hydroxylation is 2. The minimum Gasteiger partial charge on any atom is -0.489 e. The van der Waals surface area contributed by atoms with Gasteiger partial charge in [0.15, 0.2) is 0 Å². The fraction of sp³-hybridized carbons (Fsp3) is 0.565. The molecular weight excluding hydrogens is 438 g/mol. The van der Waals surface area contributed by atoms with Crippen molar-refractivity contribution < 1.29 is 19.4 Å². The lowest BCUT2D eigenvalue weighted by Crippen LogP contribution is -2.29. The Labute approximate surface area is 198 Å². The number of carboxylic acid groups (broad SMARTS) is 1. The van der Waals surface area contributed by atoms with Crippen LogP contribution in [0.15, 0.2) is 18.5 Å². The molecule has 0 aromatic carbocycles. The summed E-state index contributed by atoms with van der Waals surface area (Å²) in [6, 6.07) is 3.99. The molecular formula is C23H31N7O4. The number of nitrogens with zero attached hydrogens (tertiary/aromatic N) is 7. The third-order valence-corrected chi connectivity index (χ3v) is 5.90. The molecule has 34 heavy (non-hydrogen) atoms. The van der Waals surface area contributed by atoms with E-state index in [1.807, 2.05) is 19.1 Å². The number of pyridine rings is 1. The van der Waals surface area contributed by atoms with Crippen LogP contribution in [0, 0.1) is 18.8 Å². The van der Waals surface area contributed by atoms with Crippen molar-refractivity contribution >= 4 is 5.97 Å². The number of carboxylic acids is 1. The monoisotopic (exact) mass is 469 g/mol. The second kappa shape index (κ2) is 10.2. The highest BCUT2D eigenvalue weighted by atomic mass is 16.5. The number of hydrogen-bond acceptors (Lipinski definition) is 8. The lowest BCUT2D eigenvalue weighted by Gasteiger charge is -2.27. The second-order valence-electron chi connectivity index (χ2n) is 9.16. The van der Waals surface area contributed by atoms with Gasteiger partial charge in [0.2, 0.25) is 0 Å². The summed E-state index contributed by atoms with van der Waals surface area (Å²) in [6.07, 6.45) is 4.45. The number of aliphatic carboxylic acids is 1. The van der Waals surface area contributed by atoms with E-state index in [-0.39, 0.29) is 18.6 Å². The van der Waals surface area contributed by atoms with E-state index in [0.29, 0.717) is 47.6 Å². The molecule has 3 heterocycles. The number of hydrogen-bond donors (Lipinski definition) is 1. The Morgan fingerprint density at radius 2 is 2.12 bits per heavy atom. The Morgan fingerprint density at radius 3 is 2.85 bits per heavy atom. The van der Waals surface area contributed by atoms with E-state index in [2.05, 4.69) is 39.2 Å². The summed E-state index contributed by atoms with van der Waals surface area (Å²) in [7, 11) is 1.80. The maximum absolute atomic E-state index is 11.3. The number of aromatic nitrogens is 7. The van der Waals surface area contributed by atoms with Gasteiger partial charge in [0.25, 0.3) is 0 Å². The molecule has 4 rings (SSSR count). The lowest BCUT2D eigenvalue weighted by molar-refractivity contribution is -0.143. The van der Waals surface area contributed by atoms with Gasteiger partial charge in [-0.1, -0.05) is 19.1 Å². The normalized spacial score (nSPS) is 18.3. The summed E-state index contributed by atoms with van der Waals surface area (Å²) in [6.45, 7) is 7.06. The zero-order valence-corrected chi connectivity index (χ0v) is 20.0. The van der Waals surface area contributed by atoms with Crippen LogP contribution >= 0.6 is 0 Å². The van der Waals surface area contributed by atoms with Crippen molar-refractivity contribution in [3.8, 4) is 23.1 Å². The maximum Gasteiger partial charge on any atom is 0.335 e. The first kappa shape index (κ1) is 23.7. The van der Waals surface area contributed by atoms with E-state index < -0.39 is 5.97 Å². The molecule has 1 unspecified atom stereocenters. The van der Waals surface area contributed by atoms with Crippen molar-refractivity contribution in [1.82, 2.24) is 34.7 Å². The van der Waals surface area contributed by atoms with E-state index in [1.54, 1.807) is 22.7 Å². The van der Waals surface area contributed by atoms with Gasteiger partial charge < -0.3 is 14.6 Å². The molecule has 0 aliphatic heterocycles. The second-order valence-corrected chi connectivity index (χ2v) is 9.16. The Bertz CT molecular complexity index is 1140. The largest absolute Gasteiger partial charge is 0.489 e. The Hall–Kier alpha value is -3.50. The van der Waals surface area contributed by atoms with Gasteiger partial charge in [-0.05, 0) is 50.7 Å². The molecule has 3 aromatic rings. The predicted octanol–water partition coefficient (Wildman–Crippen LogP) is 3.03. The molecule has 1 saturated carbocycles. The standard InChI is InChI=1S/C23H31N7O4/c1-14(2)11-30-13-24-23(27-30)33-12-19-21(26-28-29(19)4)18-8-9-20(15(3)25-18)34-17-7-5-6-16(10-17)22(31)32/h8-9,13-14,16-17H,5-7,10-12H2,1-4H3,(H,31,32)/t16-,17?/m0/s1. The first-order chi connectivity index (χ1) is 16.3. The van der Waals surface area contributed by atoms with Crippen LogP contribution in [-0.2, 0) is 25.0 Å². The molecule has 11 nitrogen and oxygen atoms in total. The summed E-state index contributed by atoms with van der Waals surface area (Å²) in [5.74, 6) is 0.0132. The highest BCUT2D eigenvalue weighted by Crippen LogP contribution is 2.30. The van der Waals surface area contributed by atoms with Crippen molar-refractivity contribution in [2.75, 3.05) is 0 Å². The topological polar surface area (TPSA) is 130 Å². The summed E-state index contributed by atoms with van der Waals surface area (Å²) in [4.78, 5) is 20.2. The molecule has 3 aromatic heterocycles. The first-order valence-corrected chi connectivity index (χ1v) is 11.6. The molecule has 0 amide bonds. The summed E-state index contributed by atoms with van der Waals surface area (Å²) >= 11 is 0. The zero-order valence-electron chi connectivity index (χ0n) is 20.0. The van der Waals surface area contributed by atoms with E-state index in [4.69, 9.17) is 9.47 Å². The van der Waals surface area contributed by atoms with E-state index in [9.17, 15) is 9.90 Å². The van der Waals surface area contributed by atoms with E-state index in [1.165, 1.54) is 0 Å². The first-order valence-electron chi connectivity index (χ1n) is 11.6.